The zero-order chi connectivity index (χ0) is 25.9. The minimum absolute atomic E-state index is 0.0823. The van der Waals surface area contributed by atoms with E-state index in [9.17, 15) is 18.7 Å². The van der Waals surface area contributed by atoms with Crippen LogP contribution in [0, 0.1) is 0 Å². The maximum Gasteiger partial charge on any atom is 0.356 e. The van der Waals surface area contributed by atoms with Crippen LogP contribution in [0.3, 0.4) is 0 Å². The molecule has 192 valence electrons. The maximum atomic E-state index is 11.4. The van der Waals surface area contributed by atoms with Gasteiger partial charge in [0, 0.05) is 24.5 Å². The van der Waals surface area contributed by atoms with Crippen LogP contribution in [-0.2, 0) is 18.7 Å². The number of anilines is 2. The van der Waals surface area contributed by atoms with Crippen molar-refractivity contribution in [2.24, 2.45) is 0 Å². The summed E-state index contributed by atoms with van der Waals surface area (Å²) < 4.78 is 22.5. The highest BCUT2D eigenvalue weighted by Gasteiger charge is 2.18. The van der Waals surface area contributed by atoms with E-state index >= 15 is 0 Å². The van der Waals surface area contributed by atoms with E-state index in [-0.39, 0.29) is 10.6 Å². The van der Waals surface area contributed by atoms with Gasteiger partial charge < -0.3 is 29.4 Å². The number of nitrogens with zero attached hydrogens (tertiary/aromatic N) is 2. The molecule has 0 aromatic heterocycles. The van der Waals surface area contributed by atoms with Gasteiger partial charge in [-0.05, 0) is 61.4 Å². The van der Waals surface area contributed by atoms with Crippen LogP contribution < -0.4 is 20.4 Å². The van der Waals surface area contributed by atoms with Crippen LogP contribution in [-0.4, -0.2) is 45.5 Å². The second-order valence-electron chi connectivity index (χ2n) is 8.19. The average molecular weight is 526 g/mol. The summed E-state index contributed by atoms with van der Waals surface area (Å²) in [6.07, 6.45) is 7.96. The number of amides is 2. The fraction of sp³-hybridized carbons (Fsp3) is 0.391. The Morgan fingerprint density at radius 1 is 0.543 bits per heavy atom. The van der Waals surface area contributed by atoms with Crippen molar-refractivity contribution in [3.63, 3.8) is 0 Å². The van der Waals surface area contributed by atoms with E-state index in [1.807, 2.05) is 0 Å². The third-order valence-electron chi connectivity index (χ3n) is 5.59. The second kappa shape index (κ2) is 13.7. The summed E-state index contributed by atoms with van der Waals surface area (Å²) in [5, 5.41) is -0.165. The summed E-state index contributed by atoms with van der Waals surface area (Å²) in [5.74, 6) is 0. The summed E-state index contributed by atoms with van der Waals surface area (Å²) in [6.45, 7) is 1.04. The largest absolute Gasteiger partial charge is 0.356 e. The molecule has 0 unspecified atom stereocenters. The van der Waals surface area contributed by atoms with Crippen molar-refractivity contribution in [1.29, 1.82) is 0 Å². The molecular formula is C23H32N2O8P2. The molecule has 0 saturated carbocycles. The molecule has 0 aliphatic carbocycles. The van der Waals surface area contributed by atoms with Gasteiger partial charge in [-0.3, -0.25) is 18.7 Å². The molecule has 10 nitrogen and oxygen atoms in total. The molecule has 2 amide bonds. The van der Waals surface area contributed by atoms with Gasteiger partial charge in [0.1, 0.15) is 0 Å². The summed E-state index contributed by atoms with van der Waals surface area (Å²) in [6, 6.07) is 11.4. The zero-order valence-electron chi connectivity index (χ0n) is 19.3. The van der Waals surface area contributed by atoms with Crippen LogP contribution in [0.5, 0.6) is 0 Å². The summed E-state index contributed by atoms with van der Waals surface area (Å²) in [7, 11) is -8.60. The molecule has 12 heteroatoms. The predicted octanol–water partition coefficient (Wildman–Crippen LogP) is 2.65. The van der Waals surface area contributed by atoms with Crippen LogP contribution in [0.4, 0.5) is 11.4 Å². The van der Waals surface area contributed by atoms with Crippen LogP contribution in [0.15, 0.2) is 48.5 Å². The molecule has 0 aliphatic rings. The van der Waals surface area contributed by atoms with Gasteiger partial charge in [0.2, 0.25) is 12.8 Å². The first-order valence-corrected chi connectivity index (χ1v) is 14.5. The van der Waals surface area contributed by atoms with E-state index < -0.39 is 15.2 Å². The van der Waals surface area contributed by atoms with Crippen LogP contribution in [0.2, 0.25) is 0 Å². The van der Waals surface area contributed by atoms with E-state index in [0.717, 1.165) is 44.9 Å². The molecule has 2 aromatic rings. The number of benzene rings is 2. The first-order valence-electron chi connectivity index (χ1n) is 11.3. The number of carbonyl (C=O) groups is 2. The lowest BCUT2D eigenvalue weighted by molar-refractivity contribution is -0.108. The first kappa shape index (κ1) is 28.9. The van der Waals surface area contributed by atoms with E-state index in [0.29, 0.717) is 37.3 Å². The summed E-state index contributed by atoms with van der Waals surface area (Å²) in [5.41, 5.74) is 1.18. The van der Waals surface area contributed by atoms with Gasteiger partial charge >= 0.3 is 15.2 Å². The van der Waals surface area contributed by atoms with Crippen molar-refractivity contribution in [2.75, 3.05) is 22.9 Å². The summed E-state index contributed by atoms with van der Waals surface area (Å²) in [4.78, 5) is 62.5. The Morgan fingerprint density at radius 2 is 0.829 bits per heavy atom. The van der Waals surface area contributed by atoms with Crippen LogP contribution in [0.25, 0.3) is 0 Å². The highest BCUT2D eigenvalue weighted by atomic mass is 31.2. The van der Waals surface area contributed by atoms with Crippen molar-refractivity contribution in [3.05, 3.63) is 48.5 Å². The molecular weight excluding hydrogens is 494 g/mol. The third-order valence-corrected chi connectivity index (χ3v) is 7.53. The first-order chi connectivity index (χ1) is 16.6. The molecule has 0 aliphatic heterocycles. The monoisotopic (exact) mass is 526 g/mol. The molecule has 0 heterocycles. The number of hydrogen-bond donors (Lipinski definition) is 4. The minimum Gasteiger partial charge on any atom is -0.321 e. The summed E-state index contributed by atoms with van der Waals surface area (Å²) >= 11 is 0. The Bertz CT molecular complexity index is 951. The van der Waals surface area contributed by atoms with E-state index in [4.69, 9.17) is 19.6 Å². The van der Waals surface area contributed by atoms with Gasteiger partial charge in [0.15, 0.2) is 0 Å². The number of carbonyl (C=O) groups excluding carboxylic acids is 2. The van der Waals surface area contributed by atoms with Gasteiger partial charge in [0.05, 0.1) is 10.6 Å². The lowest BCUT2D eigenvalue weighted by Gasteiger charge is -2.18. The molecule has 0 radical (unpaired) electrons. The maximum absolute atomic E-state index is 11.4. The highest BCUT2D eigenvalue weighted by Crippen LogP contribution is 2.34. The standard InChI is InChI=1S/C23H32N2O8P2/c26-18-24(20-8-12-22(13-9-20)34(28,29)30)16-6-4-2-1-3-5-7-17-25(19-27)21-10-14-23(15-11-21)35(31,32)33/h8-15,18-19H,1-7,16-17H2,(H2,28,29,30)(H2,31,32,33). The molecule has 0 fully saturated rings. The normalized spacial score (nSPS) is 11.8. The zero-order valence-corrected chi connectivity index (χ0v) is 21.1. The predicted molar refractivity (Wildman–Crippen MR) is 135 cm³/mol. The van der Waals surface area contributed by atoms with E-state index in [1.54, 1.807) is 0 Å². The quantitative estimate of drug-likeness (QED) is 0.148. The number of unbranched alkanes of at least 4 members (excludes halogenated alkanes) is 6. The Morgan fingerprint density at radius 3 is 1.09 bits per heavy atom. The SMILES string of the molecule is O=CN(CCCCCCCCCN(C=O)c1ccc(P(=O)(O)O)cc1)c1ccc(P(=O)(O)O)cc1. The van der Waals surface area contributed by atoms with E-state index in [1.165, 1.54) is 58.3 Å². The van der Waals surface area contributed by atoms with Gasteiger partial charge in [-0.15, -0.1) is 0 Å². The fourth-order valence-corrected chi connectivity index (χ4v) is 4.69. The van der Waals surface area contributed by atoms with Gasteiger partial charge in [-0.25, -0.2) is 0 Å². The second-order valence-corrected chi connectivity index (χ2v) is 11.4. The highest BCUT2D eigenvalue weighted by molar-refractivity contribution is 7.60. The van der Waals surface area contributed by atoms with Crippen molar-refractivity contribution in [2.45, 2.75) is 44.9 Å². The molecule has 2 rings (SSSR count). The topological polar surface area (TPSA) is 156 Å². The van der Waals surface area contributed by atoms with Gasteiger partial charge in [-0.2, -0.15) is 0 Å². The minimum atomic E-state index is -4.30. The Kier molecular flexibility index (Phi) is 11.3. The third kappa shape index (κ3) is 9.68. The Labute approximate surface area is 204 Å². The van der Waals surface area contributed by atoms with Crippen molar-refractivity contribution >= 4 is 50.0 Å². The molecule has 2 aromatic carbocycles. The molecule has 35 heavy (non-hydrogen) atoms. The lowest BCUT2D eigenvalue weighted by Crippen LogP contribution is -2.22. The fourth-order valence-electron chi connectivity index (χ4n) is 3.61. The van der Waals surface area contributed by atoms with Gasteiger partial charge in [0.25, 0.3) is 0 Å². The molecule has 0 spiro atoms. The molecule has 4 N–H and O–H groups in total. The average Bonchev–Trinajstić information content (AvgIpc) is 2.82. The van der Waals surface area contributed by atoms with Crippen LogP contribution >= 0.6 is 15.2 Å². The van der Waals surface area contributed by atoms with Crippen LogP contribution in [0.1, 0.15) is 44.9 Å². The van der Waals surface area contributed by atoms with Crippen molar-refractivity contribution in [3.8, 4) is 0 Å². The molecule has 0 bridgehead atoms. The Hall–Kier alpha value is -2.32. The Balaban J connectivity index is 1.62. The van der Waals surface area contributed by atoms with Gasteiger partial charge in [-0.1, -0.05) is 32.1 Å². The smallest absolute Gasteiger partial charge is 0.321 e. The molecule has 0 saturated heterocycles. The molecule has 0 atom stereocenters. The van der Waals surface area contributed by atoms with Crippen molar-refractivity contribution in [1.82, 2.24) is 0 Å². The number of hydrogen-bond acceptors (Lipinski definition) is 4. The number of rotatable bonds is 16. The van der Waals surface area contributed by atoms with E-state index in [2.05, 4.69) is 0 Å². The van der Waals surface area contributed by atoms with Crippen molar-refractivity contribution < 1.29 is 38.3 Å². The lowest BCUT2D eigenvalue weighted by atomic mass is 10.1.